The van der Waals surface area contributed by atoms with Crippen LogP contribution < -0.4 is 5.73 Å². The van der Waals surface area contributed by atoms with Crippen LogP contribution in [-0.2, 0) is 25.5 Å². The van der Waals surface area contributed by atoms with Crippen molar-refractivity contribution < 1.29 is 29.0 Å². The first-order valence-electron chi connectivity index (χ1n) is 14.0. The lowest BCUT2D eigenvalue weighted by Crippen LogP contribution is -2.52. The molecular formula is C30H45N3O6. The summed E-state index contributed by atoms with van der Waals surface area (Å²) in [5.41, 5.74) is 8.51. The number of hydrogen-bond acceptors (Lipinski definition) is 6. The average Bonchev–Trinajstić information content (AvgIpc) is 3.73. The number of carbonyl (C=O) groups excluding carboxylic acids is 2. The van der Waals surface area contributed by atoms with Crippen molar-refractivity contribution >= 4 is 23.5 Å². The smallest absolute Gasteiger partial charge is 0.410 e. The van der Waals surface area contributed by atoms with Crippen LogP contribution in [0.15, 0.2) is 30.5 Å². The fraction of sp³-hybridized carbons (Fsp3) is 0.633. The molecule has 3 N–H and O–H groups in total. The van der Waals surface area contributed by atoms with Crippen molar-refractivity contribution in [2.24, 2.45) is 17.6 Å². The Labute approximate surface area is 232 Å². The van der Waals surface area contributed by atoms with E-state index in [0.717, 1.165) is 56.3 Å². The number of nitrogens with two attached hydrogens (primary N) is 1. The second kappa shape index (κ2) is 13.8. The number of carboxylic acids is 1. The van der Waals surface area contributed by atoms with Crippen molar-refractivity contribution in [2.75, 3.05) is 33.4 Å². The summed E-state index contributed by atoms with van der Waals surface area (Å²) in [6.45, 7) is 6.56. The molecule has 1 aliphatic heterocycles. The molecule has 0 spiro atoms. The van der Waals surface area contributed by atoms with Crippen molar-refractivity contribution in [1.29, 1.82) is 0 Å². The fourth-order valence-corrected chi connectivity index (χ4v) is 5.14. The van der Waals surface area contributed by atoms with Crippen LogP contribution in [0.5, 0.6) is 0 Å². The Kier molecular flexibility index (Phi) is 10.8. The molecule has 0 radical (unpaired) electrons. The summed E-state index contributed by atoms with van der Waals surface area (Å²) in [5.74, 6) is -2.60. The molecule has 1 heterocycles. The molecule has 2 atom stereocenters. The predicted molar refractivity (Wildman–Crippen MR) is 150 cm³/mol. The van der Waals surface area contributed by atoms with Crippen LogP contribution in [-0.4, -0.2) is 77.9 Å². The third-order valence-electron chi connectivity index (χ3n) is 7.27. The number of likely N-dealkylation sites (tertiary alicyclic amines) is 1. The molecule has 1 aliphatic carbocycles. The number of carbonyl (C=O) groups is 3. The molecule has 0 aromatic heterocycles. The van der Waals surface area contributed by atoms with Crippen molar-refractivity contribution in [3.8, 4) is 0 Å². The molecule has 0 bridgehead atoms. The molecule has 0 unspecified atom stereocenters. The van der Waals surface area contributed by atoms with Crippen molar-refractivity contribution in [3.63, 3.8) is 0 Å². The minimum atomic E-state index is -1.01. The largest absolute Gasteiger partial charge is 0.481 e. The third kappa shape index (κ3) is 8.98. The van der Waals surface area contributed by atoms with Gasteiger partial charge in [-0.2, -0.15) is 0 Å². The molecule has 1 aromatic carbocycles. The van der Waals surface area contributed by atoms with Crippen molar-refractivity contribution in [2.45, 2.75) is 77.4 Å². The Morgan fingerprint density at radius 3 is 2.41 bits per heavy atom. The standard InChI is InChI=1S/C30H45N3O6/c1-30(2,3)39-29(37)32-18-22(16-23(19-32)28(35)36)27(34)33(25-13-14-25)20-24(17-31)26-12-8-7-11-21(26)10-6-5-9-15-38-4/h7-8,11-12,17,22-23,25H,5-6,9-10,13-16,18-20,31H2,1-4H3,(H,35,36)/b24-17-/t22-,23+/m1/s1. The highest BCUT2D eigenvalue weighted by atomic mass is 16.6. The second-order valence-electron chi connectivity index (χ2n) is 11.7. The SMILES string of the molecule is COCCCCCc1ccccc1/C(=C\N)CN(C(=O)[C@@H]1C[C@H](C(=O)O)CN(C(=O)OC(C)(C)C)C1)C1CC1. The monoisotopic (exact) mass is 543 g/mol. The number of piperidine rings is 1. The summed E-state index contributed by atoms with van der Waals surface area (Å²) in [5, 5.41) is 9.78. The number of amides is 2. The van der Waals surface area contributed by atoms with Crippen LogP contribution in [0.4, 0.5) is 4.79 Å². The summed E-state index contributed by atoms with van der Waals surface area (Å²) < 4.78 is 10.7. The maximum Gasteiger partial charge on any atom is 0.410 e. The summed E-state index contributed by atoms with van der Waals surface area (Å²) in [4.78, 5) is 41.9. The summed E-state index contributed by atoms with van der Waals surface area (Å²) in [6.07, 6.45) is 7.00. The highest BCUT2D eigenvalue weighted by molar-refractivity contribution is 5.84. The van der Waals surface area contributed by atoms with E-state index < -0.39 is 29.5 Å². The number of carboxylic acid groups (broad SMARTS) is 1. The van der Waals surface area contributed by atoms with Gasteiger partial charge in [0.05, 0.1) is 11.8 Å². The van der Waals surface area contributed by atoms with Crippen molar-refractivity contribution in [3.05, 3.63) is 41.6 Å². The highest BCUT2D eigenvalue weighted by Crippen LogP contribution is 2.34. The van der Waals surface area contributed by atoms with E-state index in [0.29, 0.717) is 6.54 Å². The second-order valence-corrected chi connectivity index (χ2v) is 11.7. The molecule has 1 saturated heterocycles. The normalized spacial score (nSPS) is 20.0. The predicted octanol–water partition coefficient (Wildman–Crippen LogP) is 4.29. The molecule has 9 nitrogen and oxygen atoms in total. The molecule has 1 saturated carbocycles. The van der Waals surface area contributed by atoms with E-state index in [9.17, 15) is 19.5 Å². The van der Waals surface area contributed by atoms with Gasteiger partial charge in [0, 0.05) is 39.4 Å². The number of methoxy groups -OCH3 is 1. The average molecular weight is 544 g/mol. The van der Waals surface area contributed by atoms with Crippen LogP contribution in [0, 0.1) is 11.8 Å². The summed E-state index contributed by atoms with van der Waals surface area (Å²) >= 11 is 0. The zero-order valence-electron chi connectivity index (χ0n) is 23.9. The highest BCUT2D eigenvalue weighted by Gasteiger charge is 2.43. The van der Waals surface area contributed by atoms with Crippen LogP contribution in [0.3, 0.4) is 0 Å². The van der Waals surface area contributed by atoms with Gasteiger partial charge in [-0.1, -0.05) is 30.7 Å². The fourth-order valence-electron chi connectivity index (χ4n) is 5.14. The van der Waals surface area contributed by atoms with Gasteiger partial charge in [0.2, 0.25) is 5.91 Å². The van der Waals surface area contributed by atoms with E-state index in [2.05, 4.69) is 6.07 Å². The number of aliphatic carboxylic acids is 1. The number of unbranched alkanes of at least 4 members (excludes halogenated alkanes) is 2. The quantitative estimate of drug-likeness (QED) is 0.377. The summed E-state index contributed by atoms with van der Waals surface area (Å²) in [6, 6.07) is 8.24. The third-order valence-corrected chi connectivity index (χ3v) is 7.27. The number of hydrogen-bond donors (Lipinski definition) is 2. The van der Waals surface area contributed by atoms with Gasteiger partial charge in [-0.15, -0.1) is 0 Å². The van der Waals surface area contributed by atoms with E-state index in [1.54, 1.807) is 34.1 Å². The van der Waals surface area contributed by atoms with E-state index in [-0.39, 0.29) is 31.5 Å². The number of benzene rings is 1. The van der Waals surface area contributed by atoms with E-state index in [4.69, 9.17) is 15.2 Å². The molecule has 3 rings (SSSR count). The number of rotatable bonds is 12. The molecule has 1 aromatic rings. The Morgan fingerprint density at radius 2 is 1.79 bits per heavy atom. The Hall–Kier alpha value is -3.07. The van der Waals surface area contributed by atoms with Crippen LogP contribution in [0.2, 0.25) is 0 Å². The van der Waals surface area contributed by atoms with Gasteiger partial charge in [0.15, 0.2) is 0 Å². The first-order valence-corrected chi connectivity index (χ1v) is 14.0. The minimum Gasteiger partial charge on any atom is -0.481 e. The molecule has 216 valence electrons. The molecule has 39 heavy (non-hydrogen) atoms. The minimum absolute atomic E-state index is 0.0309. The Bertz CT molecular complexity index is 1030. The van der Waals surface area contributed by atoms with Gasteiger partial charge in [-0.25, -0.2) is 4.79 Å². The molecular weight excluding hydrogens is 498 g/mol. The number of nitrogens with zero attached hydrogens (tertiary/aromatic N) is 2. The van der Waals surface area contributed by atoms with Gasteiger partial charge >= 0.3 is 12.1 Å². The molecule has 2 aliphatic rings. The lowest BCUT2D eigenvalue weighted by Gasteiger charge is -2.38. The van der Waals surface area contributed by atoms with E-state index in [1.807, 2.05) is 23.1 Å². The van der Waals surface area contributed by atoms with Gasteiger partial charge in [-0.3, -0.25) is 9.59 Å². The summed E-state index contributed by atoms with van der Waals surface area (Å²) in [7, 11) is 1.71. The van der Waals surface area contributed by atoms with Crippen LogP contribution in [0.25, 0.3) is 5.57 Å². The van der Waals surface area contributed by atoms with Gasteiger partial charge in [0.1, 0.15) is 5.60 Å². The van der Waals surface area contributed by atoms with Crippen LogP contribution >= 0.6 is 0 Å². The topological polar surface area (TPSA) is 122 Å². The first kappa shape index (κ1) is 30.5. The zero-order valence-corrected chi connectivity index (χ0v) is 23.9. The first-order chi connectivity index (χ1) is 18.5. The van der Waals surface area contributed by atoms with Gasteiger partial charge in [-0.05, 0) is 82.2 Å². The van der Waals surface area contributed by atoms with E-state index in [1.165, 1.54) is 10.5 Å². The zero-order chi connectivity index (χ0) is 28.6. The maximum atomic E-state index is 13.9. The van der Waals surface area contributed by atoms with Gasteiger partial charge < -0.3 is 30.1 Å². The van der Waals surface area contributed by atoms with E-state index >= 15 is 0 Å². The molecule has 9 heteroatoms. The Morgan fingerprint density at radius 1 is 1.10 bits per heavy atom. The Balaban J connectivity index is 1.76. The number of aryl methyl sites for hydroxylation is 1. The number of ether oxygens (including phenoxy) is 2. The van der Waals surface area contributed by atoms with Crippen molar-refractivity contribution in [1.82, 2.24) is 9.80 Å². The van der Waals surface area contributed by atoms with Gasteiger partial charge in [0.25, 0.3) is 0 Å². The lowest BCUT2D eigenvalue weighted by atomic mass is 9.88. The molecule has 2 amide bonds. The lowest BCUT2D eigenvalue weighted by molar-refractivity contribution is -0.146. The molecule has 2 fully saturated rings. The maximum absolute atomic E-state index is 13.9. The van der Waals surface area contributed by atoms with Crippen LogP contribution in [0.1, 0.15) is 70.4 Å².